The van der Waals surface area contributed by atoms with E-state index in [2.05, 4.69) is 35.1 Å². The smallest absolute Gasteiger partial charge is 0.264 e. The topological polar surface area (TPSA) is 57.8 Å². The van der Waals surface area contributed by atoms with Gasteiger partial charge >= 0.3 is 0 Å². The molecule has 1 amide bonds. The Bertz CT molecular complexity index is 879. The van der Waals surface area contributed by atoms with Crippen molar-refractivity contribution in [1.29, 1.82) is 0 Å². The van der Waals surface area contributed by atoms with Crippen LogP contribution in [0.15, 0.2) is 44.6 Å². The lowest BCUT2D eigenvalue weighted by atomic mass is 10.1. The average Bonchev–Trinajstić information content (AvgIpc) is 3.19. The molecule has 0 spiro atoms. The monoisotopic (exact) mass is 369 g/mol. The first-order valence-corrected chi connectivity index (χ1v) is 9.53. The molecule has 5 nitrogen and oxygen atoms in total. The summed E-state index contributed by atoms with van der Waals surface area (Å²) in [7, 11) is 0. The zero-order chi connectivity index (χ0) is 18.7. The maximum absolute atomic E-state index is 12.2. The highest BCUT2D eigenvalue weighted by molar-refractivity contribution is 8.18. The fraction of sp³-hybridized carbons (Fsp3) is 0.300. The Kier molecular flexibility index (Phi) is 5.52. The van der Waals surface area contributed by atoms with Gasteiger partial charge < -0.3 is 14.6 Å². The lowest BCUT2D eigenvalue weighted by Crippen LogP contribution is -2.20. The molecule has 1 N–H and O–H groups in total. The first-order chi connectivity index (χ1) is 12.5. The predicted octanol–water partition coefficient (Wildman–Crippen LogP) is 4.63. The summed E-state index contributed by atoms with van der Waals surface area (Å²) >= 11 is 1.33. The van der Waals surface area contributed by atoms with E-state index < -0.39 is 0 Å². The number of furan rings is 1. The molecule has 1 aromatic carbocycles. The Hall–Kier alpha value is -2.47. The van der Waals surface area contributed by atoms with Crippen molar-refractivity contribution in [3.8, 4) is 0 Å². The highest BCUT2D eigenvalue weighted by atomic mass is 32.2. The molecule has 26 heavy (non-hydrogen) atoms. The molecule has 1 aliphatic rings. The standard InChI is InChI=1S/C20H23N3O2S/c1-5-23(6-2)18-10-8-15(25-18)12-17-19(24)22-20(26-17)21-16-9-7-13(3)11-14(16)4/h7-12H,5-6H2,1-4H3,(H,21,22,24). The zero-order valence-electron chi connectivity index (χ0n) is 15.5. The number of rotatable bonds is 5. The number of thioether (sulfide) groups is 1. The van der Waals surface area contributed by atoms with E-state index in [0.29, 0.717) is 15.8 Å². The second kappa shape index (κ2) is 7.83. The number of hydrogen-bond donors (Lipinski definition) is 1. The molecule has 2 aromatic rings. The minimum Gasteiger partial charge on any atom is -0.441 e. The van der Waals surface area contributed by atoms with Crippen LogP contribution in [0.2, 0.25) is 0 Å². The van der Waals surface area contributed by atoms with Crippen LogP contribution in [0.1, 0.15) is 30.7 Å². The third-order valence-electron chi connectivity index (χ3n) is 4.19. The number of aliphatic imine (C=N–C) groups is 1. The van der Waals surface area contributed by atoms with Gasteiger partial charge in [-0.2, -0.15) is 0 Å². The number of benzene rings is 1. The molecule has 0 unspecified atom stereocenters. The SMILES string of the molecule is CCN(CC)c1ccc(C=C2SC(=Nc3ccc(C)cc3C)NC2=O)o1. The molecule has 0 saturated carbocycles. The van der Waals surface area contributed by atoms with Gasteiger partial charge in [-0.25, -0.2) is 4.99 Å². The summed E-state index contributed by atoms with van der Waals surface area (Å²) in [6.45, 7) is 9.99. The molecule has 1 aromatic heterocycles. The number of carbonyl (C=O) groups excluding carboxylic acids is 1. The van der Waals surface area contributed by atoms with Gasteiger partial charge in [-0.05, 0) is 57.2 Å². The van der Waals surface area contributed by atoms with Gasteiger partial charge in [0, 0.05) is 25.2 Å². The summed E-state index contributed by atoms with van der Waals surface area (Å²) < 4.78 is 5.84. The molecule has 6 heteroatoms. The lowest BCUT2D eigenvalue weighted by molar-refractivity contribution is -0.115. The summed E-state index contributed by atoms with van der Waals surface area (Å²) in [6.07, 6.45) is 1.76. The number of carbonyl (C=O) groups is 1. The van der Waals surface area contributed by atoms with Gasteiger partial charge in [0.15, 0.2) is 11.1 Å². The molecule has 136 valence electrons. The van der Waals surface area contributed by atoms with Crippen molar-refractivity contribution in [3.05, 3.63) is 52.1 Å². The van der Waals surface area contributed by atoms with Crippen molar-refractivity contribution >= 4 is 40.5 Å². The Labute approximate surface area is 158 Å². The maximum Gasteiger partial charge on any atom is 0.264 e. The van der Waals surface area contributed by atoms with Gasteiger partial charge in [-0.15, -0.1) is 0 Å². The number of hydrogen-bond acceptors (Lipinski definition) is 5. The number of nitrogens with one attached hydrogen (secondary N) is 1. The Morgan fingerprint density at radius 3 is 2.65 bits per heavy atom. The van der Waals surface area contributed by atoms with Crippen molar-refractivity contribution in [2.24, 2.45) is 4.99 Å². The van der Waals surface area contributed by atoms with E-state index in [0.717, 1.165) is 30.2 Å². The van der Waals surface area contributed by atoms with Crippen LogP contribution in [0, 0.1) is 13.8 Å². The van der Waals surface area contributed by atoms with E-state index in [1.54, 1.807) is 6.08 Å². The van der Waals surface area contributed by atoms with Crippen LogP contribution in [-0.2, 0) is 4.79 Å². The maximum atomic E-state index is 12.2. The van der Waals surface area contributed by atoms with E-state index >= 15 is 0 Å². The normalized spacial score (nSPS) is 17.2. The number of amides is 1. The van der Waals surface area contributed by atoms with Gasteiger partial charge in [0.25, 0.3) is 5.91 Å². The molecular weight excluding hydrogens is 346 g/mol. The van der Waals surface area contributed by atoms with Crippen molar-refractivity contribution in [1.82, 2.24) is 5.32 Å². The number of anilines is 1. The summed E-state index contributed by atoms with van der Waals surface area (Å²) in [4.78, 5) is 19.5. The van der Waals surface area contributed by atoms with Gasteiger partial charge in [0.1, 0.15) is 5.76 Å². The van der Waals surface area contributed by atoms with E-state index in [1.807, 2.05) is 38.1 Å². The van der Waals surface area contributed by atoms with Crippen LogP contribution in [0.3, 0.4) is 0 Å². The summed E-state index contributed by atoms with van der Waals surface area (Å²) in [5.74, 6) is 1.33. The zero-order valence-corrected chi connectivity index (χ0v) is 16.3. The second-order valence-corrected chi connectivity index (χ2v) is 7.15. The molecule has 3 rings (SSSR count). The minimum atomic E-state index is -0.153. The number of amidine groups is 1. The predicted molar refractivity (Wildman–Crippen MR) is 109 cm³/mol. The Balaban J connectivity index is 1.79. The van der Waals surface area contributed by atoms with Crippen LogP contribution in [0.25, 0.3) is 6.08 Å². The van der Waals surface area contributed by atoms with Crippen LogP contribution >= 0.6 is 11.8 Å². The highest BCUT2D eigenvalue weighted by Crippen LogP contribution is 2.30. The van der Waals surface area contributed by atoms with Crippen molar-refractivity contribution < 1.29 is 9.21 Å². The summed E-state index contributed by atoms with van der Waals surface area (Å²) in [5.41, 5.74) is 3.14. The Morgan fingerprint density at radius 1 is 1.19 bits per heavy atom. The van der Waals surface area contributed by atoms with E-state index in [-0.39, 0.29) is 5.91 Å². The average molecular weight is 369 g/mol. The largest absolute Gasteiger partial charge is 0.441 e. The fourth-order valence-corrected chi connectivity index (χ4v) is 3.59. The fourth-order valence-electron chi connectivity index (χ4n) is 2.77. The highest BCUT2D eigenvalue weighted by Gasteiger charge is 2.24. The van der Waals surface area contributed by atoms with Crippen molar-refractivity contribution in [3.63, 3.8) is 0 Å². The molecule has 1 saturated heterocycles. The lowest BCUT2D eigenvalue weighted by Gasteiger charge is -2.16. The Morgan fingerprint density at radius 2 is 1.96 bits per heavy atom. The van der Waals surface area contributed by atoms with Crippen LogP contribution in [0.5, 0.6) is 0 Å². The molecule has 0 aliphatic carbocycles. The summed E-state index contributed by atoms with van der Waals surface area (Å²) in [5, 5.41) is 3.41. The first-order valence-electron chi connectivity index (χ1n) is 8.71. The first kappa shape index (κ1) is 18.3. The number of nitrogens with zero attached hydrogens (tertiary/aromatic N) is 2. The van der Waals surface area contributed by atoms with Gasteiger partial charge in [0.05, 0.1) is 10.6 Å². The molecule has 0 radical (unpaired) electrons. The van der Waals surface area contributed by atoms with Crippen LogP contribution in [0.4, 0.5) is 11.6 Å². The van der Waals surface area contributed by atoms with E-state index in [4.69, 9.17) is 4.42 Å². The van der Waals surface area contributed by atoms with Gasteiger partial charge in [-0.3, -0.25) is 4.79 Å². The molecule has 0 bridgehead atoms. The molecule has 1 aliphatic heterocycles. The molecule has 1 fully saturated rings. The number of aryl methyl sites for hydroxylation is 2. The van der Waals surface area contributed by atoms with Crippen molar-refractivity contribution in [2.75, 3.05) is 18.0 Å². The quantitative estimate of drug-likeness (QED) is 0.781. The summed E-state index contributed by atoms with van der Waals surface area (Å²) in [6, 6.07) is 9.88. The third-order valence-corrected chi connectivity index (χ3v) is 5.10. The van der Waals surface area contributed by atoms with Gasteiger partial charge in [0.2, 0.25) is 0 Å². The third kappa shape index (κ3) is 4.02. The van der Waals surface area contributed by atoms with E-state index in [9.17, 15) is 4.79 Å². The van der Waals surface area contributed by atoms with E-state index in [1.165, 1.54) is 17.3 Å². The van der Waals surface area contributed by atoms with Gasteiger partial charge in [-0.1, -0.05) is 17.7 Å². The molecule has 2 heterocycles. The van der Waals surface area contributed by atoms with Crippen molar-refractivity contribution in [2.45, 2.75) is 27.7 Å². The van der Waals surface area contributed by atoms with Crippen LogP contribution < -0.4 is 10.2 Å². The second-order valence-electron chi connectivity index (χ2n) is 6.12. The van der Waals surface area contributed by atoms with Crippen LogP contribution in [-0.4, -0.2) is 24.2 Å². The minimum absolute atomic E-state index is 0.153. The molecular formula is C20H23N3O2S. The molecule has 0 atom stereocenters.